The molecule has 0 aromatic heterocycles. The van der Waals surface area contributed by atoms with E-state index in [-0.39, 0.29) is 35.5 Å². The SMILES string of the molecule is CC(O)C(O[Si](C(C)C)(C(C)C)C(C)C)C(Cc1ccc(F)cc1)OCCC(NC(=O)OC(C)(C)C)C(=O)O. The van der Waals surface area contributed by atoms with Crippen LogP contribution in [-0.4, -0.2) is 67.2 Å². The van der Waals surface area contributed by atoms with Crippen LogP contribution in [0.15, 0.2) is 24.3 Å². The van der Waals surface area contributed by atoms with Crippen molar-refractivity contribution < 1.29 is 38.1 Å². The standard InChI is InChI=1S/C29H50FNO7Si/c1-18(2)39(19(3)4,20(5)6)38-26(21(7)32)25(17-22-11-13-23(30)14-12-22)36-16-15-24(27(33)34)31-28(35)37-29(8,9)10/h11-14,18-21,24-26,32H,15-17H2,1-10H3,(H,31,35)(H,33,34). The Hall–Kier alpha value is -2.01. The van der Waals surface area contributed by atoms with Gasteiger partial charge in [-0.1, -0.05) is 53.7 Å². The van der Waals surface area contributed by atoms with Crippen LogP contribution in [0.25, 0.3) is 0 Å². The fourth-order valence-corrected chi connectivity index (χ4v) is 10.9. The topological polar surface area (TPSA) is 114 Å². The first-order valence-electron chi connectivity index (χ1n) is 13.8. The number of carboxylic acid groups (broad SMARTS) is 1. The first kappa shape index (κ1) is 35.0. The van der Waals surface area contributed by atoms with E-state index in [4.69, 9.17) is 13.9 Å². The van der Waals surface area contributed by atoms with Crippen LogP contribution in [0, 0.1) is 5.82 Å². The summed E-state index contributed by atoms with van der Waals surface area (Å²) in [5.41, 5.74) is 0.813. The summed E-state index contributed by atoms with van der Waals surface area (Å²) >= 11 is 0. The van der Waals surface area contributed by atoms with E-state index < -0.39 is 50.3 Å². The van der Waals surface area contributed by atoms with Gasteiger partial charge in [0, 0.05) is 19.4 Å². The van der Waals surface area contributed by atoms with Crippen LogP contribution in [0.3, 0.4) is 0 Å². The van der Waals surface area contributed by atoms with Crippen LogP contribution < -0.4 is 5.32 Å². The minimum atomic E-state index is -2.43. The van der Waals surface area contributed by atoms with Crippen molar-refractivity contribution in [2.75, 3.05) is 6.61 Å². The number of rotatable bonds is 15. The molecule has 0 heterocycles. The molecule has 3 N–H and O–H groups in total. The number of aliphatic hydroxyl groups is 1. The van der Waals surface area contributed by atoms with Gasteiger partial charge in [0.05, 0.1) is 18.3 Å². The van der Waals surface area contributed by atoms with Crippen molar-refractivity contribution in [2.45, 2.75) is 129 Å². The number of aliphatic carboxylic acids is 1. The van der Waals surface area contributed by atoms with Crippen molar-refractivity contribution in [3.8, 4) is 0 Å². The Bertz CT molecular complexity index is 878. The third-order valence-electron chi connectivity index (χ3n) is 6.97. The average Bonchev–Trinajstić information content (AvgIpc) is 2.77. The number of carbonyl (C=O) groups excluding carboxylic acids is 1. The van der Waals surface area contributed by atoms with Crippen LogP contribution in [0.1, 0.15) is 81.2 Å². The fourth-order valence-electron chi connectivity index (χ4n) is 5.30. The monoisotopic (exact) mass is 571 g/mol. The third kappa shape index (κ3) is 10.8. The summed E-state index contributed by atoms with van der Waals surface area (Å²) < 4.78 is 32.0. The Kier molecular flexibility index (Phi) is 13.6. The highest BCUT2D eigenvalue weighted by atomic mass is 28.4. The van der Waals surface area contributed by atoms with Crippen molar-refractivity contribution in [3.63, 3.8) is 0 Å². The van der Waals surface area contributed by atoms with Crippen molar-refractivity contribution in [3.05, 3.63) is 35.6 Å². The molecule has 0 radical (unpaired) electrons. The summed E-state index contributed by atoms with van der Waals surface area (Å²) in [6.45, 7) is 19.6. The van der Waals surface area contributed by atoms with Crippen molar-refractivity contribution in [1.82, 2.24) is 5.32 Å². The molecule has 39 heavy (non-hydrogen) atoms. The zero-order valence-corrected chi connectivity index (χ0v) is 26.3. The smallest absolute Gasteiger partial charge is 0.408 e. The highest BCUT2D eigenvalue weighted by Gasteiger charge is 2.48. The van der Waals surface area contributed by atoms with Gasteiger partial charge in [0.25, 0.3) is 0 Å². The fraction of sp³-hybridized carbons (Fsp3) is 0.724. The zero-order chi connectivity index (χ0) is 30.1. The number of alkyl carbamates (subject to hydrolysis) is 1. The van der Waals surface area contributed by atoms with E-state index in [0.717, 1.165) is 5.56 Å². The summed E-state index contributed by atoms with van der Waals surface area (Å²) in [4.78, 5) is 24.0. The highest BCUT2D eigenvalue weighted by molar-refractivity contribution is 6.77. The minimum Gasteiger partial charge on any atom is -0.480 e. The first-order valence-corrected chi connectivity index (χ1v) is 16.0. The number of halogens is 1. The minimum absolute atomic E-state index is 0.0230. The Morgan fingerprint density at radius 2 is 1.49 bits per heavy atom. The van der Waals surface area contributed by atoms with Gasteiger partial charge in [0.2, 0.25) is 8.32 Å². The molecule has 0 aliphatic carbocycles. The van der Waals surface area contributed by atoms with Crippen molar-refractivity contribution in [2.24, 2.45) is 0 Å². The van der Waals surface area contributed by atoms with E-state index in [1.165, 1.54) is 12.1 Å². The lowest BCUT2D eigenvalue weighted by Crippen LogP contribution is -2.55. The molecule has 4 unspecified atom stereocenters. The van der Waals surface area contributed by atoms with Crippen molar-refractivity contribution in [1.29, 1.82) is 0 Å². The quantitative estimate of drug-likeness (QED) is 0.219. The van der Waals surface area contributed by atoms with Gasteiger partial charge in [0.1, 0.15) is 17.5 Å². The molecule has 0 bridgehead atoms. The Morgan fingerprint density at radius 3 is 1.90 bits per heavy atom. The molecule has 0 aliphatic heterocycles. The average molecular weight is 572 g/mol. The third-order valence-corrected chi connectivity index (χ3v) is 13.1. The predicted molar refractivity (Wildman–Crippen MR) is 153 cm³/mol. The lowest BCUT2D eigenvalue weighted by molar-refractivity contribution is -0.140. The molecule has 0 spiro atoms. The van der Waals surface area contributed by atoms with Crippen LogP contribution in [0.4, 0.5) is 9.18 Å². The van der Waals surface area contributed by atoms with E-state index in [2.05, 4.69) is 46.9 Å². The molecule has 1 rings (SSSR count). The molecule has 0 fully saturated rings. The number of aliphatic hydroxyl groups excluding tert-OH is 1. The molecule has 0 saturated heterocycles. The Morgan fingerprint density at radius 1 is 0.974 bits per heavy atom. The number of carboxylic acids is 1. The van der Waals surface area contributed by atoms with Crippen LogP contribution >= 0.6 is 0 Å². The maximum absolute atomic E-state index is 13.6. The second-order valence-electron chi connectivity index (χ2n) is 12.2. The summed E-state index contributed by atoms with van der Waals surface area (Å²) in [5, 5.41) is 23.0. The summed E-state index contributed by atoms with van der Waals surface area (Å²) in [7, 11) is -2.43. The molecule has 4 atom stereocenters. The van der Waals surface area contributed by atoms with Crippen LogP contribution in [-0.2, 0) is 25.1 Å². The molecule has 8 nitrogen and oxygen atoms in total. The molecule has 224 valence electrons. The Balaban J connectivity index is 3.25. The molecule has 0 saturated carbocycles. The normalized spacial score (nSPS) is 15.8. The van der Waals surface area contributed by atoms with Crippen molar-refractivity contribution >= 4 is 20.4 Å². The van der Waals surface area contributed by atoms with E-state index in [1.54, 1.807) is 39.8 Å². The number of amides is 1. The van der Waals surface area contributed by atoms with E-state index in [0.29, 0.717) is 6.42 Å². The second kappa shape index (κ2) is 15.1. The number of hydrogen-bond acceptors (Lipinski definition) is 6. The van der Waals surface area contributed by atoms with Gasteiger partial charge in [0.15, 0.2) is 0 Å². The van der Waals surface area contributed by atoms with Gasteiger partial charge in [-0.3, -0.25) is 0 Å². The van der Waals surface area contributed by atoms with Crippen LogP contribution in [0.2, 0.25) is 16.6 Å². The summed E-state index contributed by atoms with van der Waals surface area (Å²) in [6, 6.07) is 4.82. The second-order valence-corrected chi connectivity index (χ2v) is 17.6. The first-order chi connectivity index (χ1) is 17.9. The van der Waals surface area contributed by atoms with Gasteiger partial charge in [-0.25, -0.2) is 14.0 Å². The maximum Gasteiger partial charge on any atom is 0.408 e. The number of hydrogen-bond donors (Lipinski definition) is 3. The summed E-state index contributed by atoms with van der Waals surface area (Å²) in [5.74, 6) is -1.57. The summed E-state index contributed by atoms with van der Waals surface area (Å²) in [6.07, 6.45) is -2.75. The molecule has 1 aromatic carbocycles. The van der Waals surface area contributed by atoms with E-state index >= 15 is 0 Å². The predicted octanol–water partition coefficient (Wildman–Crippen LogP) is 6.06. The van der Waals surface area contributed by atoms with E-state index in [1.807, 2.05) is 0 Å². The number of carbonyl (C=O) groups is 2. The van der Waals surface area contributed by atoms with E-state index in [9.17, 15) is 24.2 Å². The maximum atomic E-state index is 13.6. The van der Waals surface area contributed by atoms with Gasteiger partial charge >= 0.3 is 12.1 Å². The molecule has 1 amide bonds. The van der Waals surface area contributed by atoms with Gasteiger partial charge in [-0.05, 0) is 62.0 Å². The molecular weight excluding hydrogens is 521 g/mol. The highest BCUT2D eigenvalue weighted by Crippen LogP contribution is 2.44. The zero-order valence-electron chi connectivity index (χ0n) is 25.3. The number of benzene rings is 1. The van der Waals surface area contributed by atoms with Gasteiger partial charge in [-0.15, -0.1) is 0 Å². The lowest BCUT2D eigenvalue weighted by Gasteiger charge is -2.46. The molecule has 10 heteroatoms. The molecule has 0 aliphatic rings. The Labute approximate surface area is 234 Å². The largest absolute Gasteiger partial charge is 0.480 e. The lowest BCUT2D eigenvalue weighted by atomic mass is 10.0. The molecule has 1 aromatic rings. The van der Waals surface area contributed by atoms with Gasteiger partial charge in [-0.2, -0.15) is 0 Å². The number of ether oxygens (including phenoxy) is 2. The van der Waals surface area contributed by atoms with Crippen LogP contribution in [0.5, 0.6) is 0 Å². The van der Waals surface area contributed by atoms with Gasteiger partial charge < -0.3 is 29.4 Å². The molecular formula is C29H50FNO7Si. The number of nitrogens with one attached hydrogen (secondary N) is 1.